The van der Waals surface area contributed by atoms with E-state index in [1.807, 2.05) is 35.2 Å². The Morgan fingerprint density at radius 2 is 1.58 bits per heavy atom. The number of anilines is 2. The van der Waals surface area contributed by atoms with Crippen molar-refractivity contribution in [3.63, 3.8) is 0 Å². The van der Waals surface area contributed by atoms with Crippen molar-refractivity contribution in [3.05, 3.63) is 90.0 Å². The molecule has 1 saturated heterocycles. The number of ether oxygens (including phenoxy) is 1. The Morgan fingerprint density at radius 3 is 2.34 bits per heavy atom. The van der Waals surface area contributed by atoms with E-state index in [1.165, 1.54) is 11.3 Å². The van der Waals surface area contributed by atoms with E-state index < -0.39 is 6.10 Å². The number of nitrogens with zero attached hydrogens (tertiary/aromatic N) is 3. The molecule has 2 aliphatic rings. The highest BCUT2D eigenvalue weighted by molar-refractivity contribution is 5.96. The summed E-state index contributed by atoms with van der Waals surface area (Å²) in [5.41, 5.74) is 4.76. The van der Waals surface area contributed by atoms with Crippen molar-refractivity contribution in [1.82, 2.24) is 4.90 Å². The number of carbonyl (C=O) groups is 1. The standard InChI is InChI=1S/C32H39N3O3/c36-29(24-33-19-21-34(22-20-33)28-12-5-2-6-13-28)25-38-30-15-16-31-27(23-30)14-17-32(37)35(31)18-8-7-11-26-9-3-1-4-10-26/h1-6,9-10,12-13,15-16,23,29,36H,7-8,11,14,17-22,24-25H2. The predicted octanol–water partition coefficient (Wildman–Crippen LogP) is 4.55. The van der Waals surface area contributed by atoms with Gasteiger partial charge >= 0.3 is 0 Å². The van der Waals surface area contributed by atoms with Gasteiger partial charge in [-0.15, -0.1) is 0 Å². The molecule has 1 atom stereocenters. The zero-order valence-corrected chi connectivity index (χ0v) is 22.2. The first-order valence-corrected chi connectivity index (χ1v) is 14.0. The lowest BCUT2D eigenvalue weighted by molar-refractivity contribution is -0.118. The van der Waals surface area contributed by atoms with Gasteiger partial charge in [0.25, 0.3) is 0 Å². The van der Waals surface area contributed by atoms with Gasteiger partial charge in [0, 0.05) is 57.1 Å². The van der Waals surface area contributed by atoms with Crippen molar-refractivity contribution in [3.8, 4) is 5.75 Å². The molecule has 0 aromatic heterocycles. The lowest BCUT2D eigenvalue weighted by atomic mass is 10.00. The smallest absolute Gasteiger partial charge is 0.227 e. The molecule has 3 aromatic rings. The fraction of sp³-hybridized carbons (Fsp3) is 0.406. The quantitative estimate of drug-likeness (QED) is 0.381. The minimum atomic E-state index is -0.544. The average Bonchev–Trinajstić information content (AvgIpc) is 2.96. The number of aliphatic hydroxyl groups is 1. The summed E-state index contributed by atoms with van der Waals surface area (Å²) in [4.78, 5) is 19.3. The fourth-order valence-corrected chi connectivity index (χ4v) is 5.49. The summed E-state index contributed by atoms with van der Waals surface area (Å²) in [6, 6.07) is 27.0. The summed E-state index contributed by atoms with van der Waals surface area (Å²) in [5.74, 6) is 0.962. The summed E-state index contributed by atoms with van der Waals surface area (Å²) in [6.07, 6.45) is 3.80. The van der Waals surface area contributed by atoms with E-state index in [9.17, 15) is 9.90 Å². The van der Waals surface area contributed by atoms with Crippen LogP contribution in [-0.2, 0) is 17.6 Å². The van der Waals surface area contributed by atoms with Crippen molar-refractivity contribution >= 4 is 17.3 Å². The molecule has 1 N–H and O–H groups in total. The Hall–Kier alpha value is -3.35. The molecule has 6 nitrogen and oxygen atoms in total. The third-order valence-electron chi connectivity index (χ3n) is 7.60. The third kappa shape index (κ3) is 6.94. The molecule has 200 valence electrons. The van der Waals surface area contributed by atoms with E-state index in [-0.39, 0.29) is 12.5 Å². The minimum Gasteiger partial charge on any atom is -0.491 e. The number of para-hydroxylation sites is 1. The molecule has 2 heterocycles. The summed E-state index contributed by atoms with van der Waals surface area (Å²) < 4.78 is 5.98. The molecule has 0 saturated carbocycles. The molecular formula is C32H39N3O3. The molecule has 1 fully saturated rings. The van der Waals surface area contributed by atoms with Crippen LogP contribution in [0.25, 0.3) is 0 Å². The number of fused-ring (bicyclic) bond motifs is 1. The molecule has 0 bridgehead atoms. The average molecular weight is 514 g/mol. The molecule has 38 heavy (non-hydrogen) atoms. The Morgan fingerprint density at radius 1 is 0.842 bits per heavy atom. The number of rotatable bonds is 11. The van der Waals surface area contributed by atoms with Gasteiger partial charge in [0.15, 0.2) is 0 Å². The zero-order valence-electron chi connectivity index (χ0n) is 22.2. The third-order valence-corrected chi connectivity index (χ3v) is 7.60. The molecule has 1 amide bonds. The second-order valence-electron chi connectivity index (χ2n) is 10.4. The van der Waals surface area contributed by atoms with Crippen molar-refractivity contribution in [2.75, 3.05) is 55.7 Å². The van der Waals surface area contributed by atoms with Crippen LogP contribution in [0.3, 0.4) is 0 Å². The lowest BCUT2D eigenvalue weighted by Gasteiger charge is -2.36. The number of piperazine rings is 1. The number of benzene rings is 3. The zero-order chi connectivity index (χ0) is 26.2. The Balaban J connectivity index is 1.07. The van der Waals surface area contributed by atoms with Gasteiger partial charge < -0.3 is 19.6 Å². The molecule has 2 aliphatic heterocycles. The lowest BCUT2D eigenvalue weighted by Crippen LogP contribution is -2.49. The number of hydrogen-bond acceptors (Lipinski definition) is 5. The molecule has 1 unspecified atom stereocenters. The van der Waals surface area contributed by atoms with Gasteiger partial charge in [-0.3, -0.25) is 9.69 Å². The largest absolute Gasteiger partial charge is 0.491 e. The highest BCUT2D eigenvalue weighted by atomic mass is 16.5. The van der Waals surface area contributed by atoms with Crippen molar-refractivity contribution in [2.24, 2.45) is 0 Å². The van der Waals surface area contributed by atoms with Crippen LogP contribution in [0, 0.1) is 0 Å². The highest BCUT2D eigenvalue weighted by Crippen LogP contribution is 2.31. The van der Waals surface area contributed by atoms with Gasteiger partial charge in [-0.25, -0.2) is 0 Å². The van der Waals surface area contributed by atoms with E-state index in [4.69, 9.17) is 4.74 Å². The molecule has 6 heteroatoms. The second-order valence-corrected chi connectivity index (χ2v) is 10.4. The normalized spacial score (nSPS) is 16.8. The van der Waals surface area contributed by atoms with Crippen molar-refractivity contribution < 1.29 is 14.6 Å². The van der Waals surface area contributed by atoms with Crippen LogP contribution in [0.5, 0.6) is 5.75 Å². The van der Waals surface area contributed by atoms with Crippen LogP contribution >= 0.6 is 0 Å². The van der Waals surface area contributed by atoms with E-state index in [1.54, 1.807) is 0 Å². The monoisotopic (exact) mass is 513 g/mol. The fourth-order valence-electron chi connectivity index (χ4n) is 5.49. The first-order valence-electron chi connectivity index (χ1n) is 14.0. The van der Waals surface area contributed by atoms with Gasteiger partial charge in [0.05, 0.1) is 0 Å². The minimum absolute atomic E-state index is 0.202. The topological polar surface area (TPSA) is 56.3 Å². The molecule has 0 radical (unpaired) electrons. The number of unbranched alkanes of at least 4 members (excludes halogenated alkanes) is 1. The second kappa shape index (κ2) is 12.9. The number of aryl methyl sites for hydroxylation is 2. The van der Waals surface area contributed by atoms with Crippen LogP contribution in [0.1, 0.15) is 30.4 Å². The van der Waals surface area contributed by atoms with E-state index in [0.29, 0.717) is 13.0 Å². The molecule has 5 rings (SSSR count). The van der Waals surface area contributed by atoms with E-state index in [0.717, 1.165) is 75.4 Å². The number of amides is 1. The van der Waals surface area contributed by atoms with Gasteiger partial charge in [-0.1, -0.05) is 48.5 Å². The number of aliphatic hydroxyl groups excluding tert-OH is 1. The Labute approximate surface area is 226 Å². The number of carbonyl (C=O) groups excluding carboxylic acids is 1. The van der Waals surface area contributed by atoms with Gasteiger partial charge in [-0.2, -0.15) is 0 Å². The molecule has 3 aromatic carbocycles. The molecule has 0 aliphatic carbocycles. The summed E-state index contributed by atoms with van der Waals surface area (Å²) in [7, 11) is 0. The Kier molecular flexibility index (Phi) is 8.94. The van der Waals surface area contributed by atoms with Gasteiger partial charge in [0.2, 0.25) is 5.91 Å². The summed E-state index contributed by atoms with van der Waals surface area (Å²) in [6.45, 7) is 5.40. The van der Waals surface area contributed by atoms with Gasteiger partial charge in [0.1, 0.15) is 18.5 Å². The first kappa shape index (κ1) is 26.3. The van der Waals surface area contributed by atoms with Crippen LogP contribution < -0.4 is 14.5 Å². The first-order chi connectivity index (χ1) is 18.7. The van der Waals surface area contributed by atoms with Gasteiger partial charge in [-0.05, 0) is 67.1 Å². The maximum absolute atomic E-state index is 12.7. The maximum Gasteiger partial charge on any atom is 0.227 e. The number of β-amino-alcohol motifs (C(OH)–C–C–N with tert-alkyl or cyclic N) is 1. The maximum atomic E-state index is 12.7. The molecular weight excluding hydrogens is 474 g/mol. The van der Waals surface area contributed by atoms with E-state index in [2.05, 4.69) is 58.3 Å². The van der Waals surface area contributed by atoms with Crippen LogP contribution in [0.15, 0.2) is 78.9 Å². The van der Waals surface area contributed by atoms with Crippen LogP contribution in [-0.4, -0.2) is 67.9 Å². The SMILES string of the molecule is O=C1CCc2cc(OCC(O)CN3CCN(c4ccccc4)CC3)ccc2N1CCCCc1ccccc1. The predicted molar refractivity (Wildman–Crippen MR) is 153 cm³/mol. The summed E-state index contributed by atoms with van der Waals surface area (Å²) >= 11 is 0. The Bertz CT molecular complexity index is 1160. The van der Waals surface area contributed by atoms with Crippen molar-refractivity contribution in [2.45, 2.75) is 38.2 Å². The van der Waals surface area contributed by atoms with Crippen LogP contribution in [0.2, 0.25) is 0 Å². The molecule has 0 spiro atoms. The van der Waals surface area contributed by atoms with Crippen molar-refractivity contribution in [1.29, 1.82) is 0 Å². The number of hydrogen-bond donors (Lipinski definition) is 1. The van der Waals surface area contributed by atoms with Crippen LogP contribution in [0.4, 0.5) is 11.4 Å². The summed E-state index contributed by atoms with van der Waals surface area (Å²) in [5, 5.41) is 10.6. The van der Waals surface area contributed by atoms with E-state index >= 15 is 0 Å². The highest BCUT2D eigenvalue weighted by Gasteiger charge is 2.24.